The smallest absolute Gasteiger partial charge is 0.202 e. The summed E-state index contributed by atoms with van der Waals surface area (Å²) < 4.78 is 7.15. The standard InChI is InChI=1S/C27H30N2O.C2H6/c1-15-16(2)26-25(23-13-19-6-4-5-7-22(19)24(15)23)28-14-27(30-26)20-9-17-8-18(10-20)12-21(11-17)29(27)3;1-2/h4-7,14,17-18,20-21H,8-13H2,1-3H3;1-2H3. The van der Waals surface area contributed by atoms with Crippen molar-refractivity contribution in [3.05, 3.63) is 46.5 Å². The molecule has 32 heavy (non-hydrogen) atoms. The monoisotopic (exact) mass is 428 g/mol. The van der Waals surface area contributed by atoms with E-state index < -0.39 is 0 Å². The van der Waals surface area contributed by atoms with Gasteiger partial charge in [0.25, 0.3) is 0 Å². The molecule has 3 heteroatoms. The molecule has 4 bridgehead atoms. The lowest BCUT2D eigenvalue weighted by Gasteiger charge is -2.46. The molecule has 2 saturated carbocycles. The molecule has 3 heterocycles. The SMILES string of the molecule is CC.Cc1c(C)c2c(c3c1OC1(C=N3)C3CC4CC(CC(C4)N1C)C3)Cc1ccccc1-2. The Balaban J connectivity index is 0.000000953. The van der Waals surface area contributed by atoms with Crippen LogP contribution in [0, 0.1) is 31.6 Å². The van der Waals surface area contributed by atoms with Crippen molar-refractivity contribution in [1.82, 2.24) is 4.90 Å². The molecule has 8 rings (SSSR count). The predicted octanol–water partition coefficient (Wildman–Crippen LogP) is 6.83. The van der Waals surface area contributed by atoms with Crippen molar-refractivity contribution in [2.75, 3.05) is 7.05 Å². The van der Waals surface area contributed by atoms with Gasteiger partial charge in [0.05, 0.1) is 6.21 Å². The molecule has 3 atom stereocenters. The minimum atomic E-state index is -0.363. The Morgan fingerprint density at radius 1 is 0.969 bits per heavy atom. The Kier molecular flexibility index (Phi) is 4.60. The van der Waals surface area contributed by atoms with Gasteiger partial charge in [-0.15, -0.1) is 0 Å². The molecule has 0 amide bonds. The molecule has 2 saturated heterocycles. The minimum Gasteiger partial charge on any atom is -0.464 e. The summed E-state index contributed by atoms with van der Waals surface area (Å²) in [5.41, 5.74) is 8.92. The molecule has 6 aliphatic rings. The maximum Gasteiger partial charge on any atom is 0.202 e. The van der Waals surface area contributed by atoms with Gasteiger partial charge >= 0.3 is 0 Å². The third-order valence-electron chi connectivity index (χ3n) is 9.18. The summed E-state index contributed by atoms with van der Waals surface area (Å²) >= 11 is 0. The molecule has 0 N–H and O–H groups in total. The van der Waals surface area contributed by atoms with Gasteiger partial charge < -0.3 is 4.74 Å². The van der Waals surface area contributed by atoms with Crippen LogP contribution in [-0.2, 0) is 6.42 Å². The Morgan fingerprint density at radius 2 is 1.69 bits per heavy atom. The highest BCUT2D eigenvalue weighted by Gasteiger charge is 2.56. The topological polar surface area (TPSA) is 24.8 Å². The number of nitrogens with zero attached hydrogens (tertiary/aromatic N) is 2. The normalized spacial score (nSPS) is 33.2. The molecule has 2 aromatic rings. The highest BCUT2D eigenvalue weighted by Crippen LogP contribution is 2.57. The second-order valence-electron chi connectivity index (χ2n) is 10.6. The first-order valence-corrected chi connectivity index (χ1v) is 12.8. The van der Waals surface area contributed by atoms with E-state index in [0.717, 1.165) is 29.7 Å². The number of hydrogen-bond donors (Lipinski definition) is 0. The highest BCUT2D eigenvalue weighted by molar-refractivity contribution is 5.90. The van der Waals surface area contributed by atoms with Gasteiger partial charge in [-0.1, -0.05) is 38.1 Å². The van der Waals surface area contributed by atoms with Crippen LogP contribution in [0.1, 0.15) is 68.2 Å². The van der Waals surface area contributed by atoms with Gasteiger partial charge in [0.2, 0.25) is 5.72 Å². The molecular weight excluding hydrogens is 392 g/mol. The zero-order chi connectivity index (χ0) is 22.2. The van der Waals surface area contributed by atoms with Crippen LogP contribution in [0.2, 0.25) is 0 Å². The van der Waals surface area contributed by atoms with Gasteiger partial charge in [0.15, 0.2) is 5.75 Å². The van der Waals surface area contributed by atoms with E-state index in [1.165, 1.54) is 65.5 Å². The van der Waals surface area contributed by atoms with E-state index in [9.17, 15) is 0 Å². The van der Waals surface area contributed by atoms with Gasteiger partial charge in [-0.25, -0.2) is 0 Å². The molecule has 3 aliphatic heterocycles. The lowest BCUT2D eigenvalue weighted by atomic mass is 9.67. The van der Waals surface area contributed by atoms with Crippen molar-refractivity contribution in [2.45, 2.75) is 78.0 Å². The fourth-order valence-corrected chi connectivity index (χ4v) is 7.67. The summed E-state index contributed by atoms with van der Waals surface area (Å²) in [5, 5.41) is 0. The first kappa shape index (κ1) is 20.5. The van der Waals surface area contributed by atoms with Crippen molar-refractivity contribution in [2.24, 2.45) is 22.7 Å². The summed E-state index contributed by atoms with van der Waals surface area (Å²) in [4.78, 5) is 7.80. The second kappa shape index (κ2) is 7.18. The van der Waals surface area contributed by atoms with Crippen LogP contribution in [0.25, 0.3) is 11.1 Å². The van der Waals surface area contributed by atoms with Crippen LogP contribution < -0.4 is 4.74 Å². The summed E-state index contributed by atoms with van der Waals surface area (Å²) in [6.45, 7) is 8.51. The third-order valence-corrected chi connectivity index (χ3v) is 9.18. The van der Waals surface area contributed by atoms with Crippen LogP contribution in [0.4, 0.5) is 5.69 Å². The molecule has 168 valence electrons. The summed E-state index contributed by atoms with van der Waals surface area (Å²) in [7, 11) is 2.30. The van der Waals surface area contributed by atoms with Gasteiger partial charge in [-0.3, -0.25) is 9.89 Å². The van der Waals surface area contributed by atoms with E-state index in [0.29, 0.717) is 12.0 Å². The first-order chi connectivity index (χ1) is 15.5. The number of aliphatic imine (C=N–C) groups is 1. The van der Waals surface area contributed by atoms with Crippen LogP contribution in [-0.4, -0.2) is 29.9 Å². The molecule has 2 aromatic carbocycles. The molecule has 3 nitrogen and oxygen atoms in total. The number of fused-ring (bicyclic) bond motifs is 5. The quantitative estimate of drug-likeness (QED) is 0.392. The summed E-state index contributed by atoms with van der Waals surface area (Å²) in [5.74, 6) is 3.37. The minimum absolute atomic E-state index is 0.363. The van der Waals surface area contributed by atoms with E-state index in [-0.39, 0.29) is 5.72 Å². The maximum absolute atomic E-state index is 7.15. The number of ether oxygens (including phenoxy) is 1. The Labute approximate surface area is 192 Å². The van der Waals surface area contributed by atoms with Crippen molar-refractivity contribution >= 4 is 11.9 Å². The van der Waals surface area contributed by atoms with Gasteiger partial charge in [0.1, 0.15) is 5.69 Å². The second-order valence-corrected chi connectivity index (χ2v) is 10.6. The summed E-state index contributed by atoms with van der Waals surface area (Å²) in [6.07, 6.45) is 9.89. The van der Waals surface area contributed by atoms with Gasteiger partial charge in [0, 0.05) is 18.4 Å². The highest BCUT2D eigenvalue weighted by atomic mass is 16.5. The predicted molar refractivity (Wildman–Crippen MR) is 132 cm³/mol. The van der Waals surface area contributed by atoms with E-state index >= 15 is 0 Å². The molecule has 4 fully saturated rings. The van der Waals surface area contributed by atoms with E-state index in [2.05, 4.69) is 56.3 Å². The van der Waals surface area contributed by atoms with Crippen LogP contribution >= 0.6 is 0 Å². The van der Waals surface area contributed by atoms with Gasteiger partial charge in [-0.2, -0.15) is 0 Å². The zero-order valence-electron chi connectivity index (χ0n) is 20.2. The van der Waals surface area contributed by atoms with Crippen molar-refractivity contribution in [3.63, 3.8) is 0 Å². The van der Waals surface area contributed by atoms with Crippen molar-refractivity contribution < 1.29 is 4.74 Å². The van der Waals surface area contributed by atoms with Crippen molar-refractivity contribution in [3.8, 4) is 16.9 Å². The number of hydrogen-bond acceptors (Lipinski definition) is 3. The molecule has 0 aromatic heterocycles. The molecule has 0 radical (unpaired) electrons. The molecule has 3 aliphatic carbocycles. The number of rotatable bonds is 0. The van der Waals surface area contributed by atoms with Crippen molar-refractivity contribution in [1.29, 1.82) is 0 Å². The Bertz CT molecular complexity index is 1100. The lowest BCUT2D eigenvalue weighted by Crippen LogP contribution is -2.59. The number of benzene rings is 2. The molecular formula is C29H36N2O. The fourth-order valence-electron chi connectivity index (χ4n) is 7.67. The Morgan fingerprint density at radius 3 is 2.44 bits per heavy atom. The van der Waals surface area contributed by atoms with Crippen LogP contribution in [0.5, 0.6) is 5.75 Å². The average molecular weight is 429 g/mol. The summed E-state index contributed by atoms with van der Waals surface area (Å²) in [6, 6.07) is 9.47. The molecule has 3 unspecified atom stereocenters. The van der Waals surface area contributed by atoms with Crippen LogP contribution in [0.3, 0.4) is 0 Å². The average Bonchev–Trinajstić information content (AvgIpc) is 3.17. The molecule has 1 spiro atoms. The largest absolute Gasteiger partial charge is 0.464 e. The third kappa shape index (κ3) is 2.61. The van der Waals surface area contributed by atoms with E-state index in [1.54, 1.807) is 0 Å². The fraction of sp³-hybridized carbons (Fsp3) is 0.552. The Hall–Kier alpha value is -2.13. The van der Waals surface area contributed by atoms with E-state index in [4.69, 9.17) is 9.73 Å². The van der Waals surface area contributed by atoms with Crippen LogP contribution in [0.15, 0.2) is 29.3 Å². The van der Waals surface area contributed by atoms with Gasteiger partial charge in [-0.05, 0) is 98.2 Å². The maximum atomic E-state index is 7.15. The first-order valence-electron chi connectivity index (χ1n) is 12.8. The van der Waals surface area contributed by atoms with E-state index in [1.807, 2.05) is 13.8 Å². The lowest BCUT2D eigenvalue weighted by molar-refractivity contribution is -0.0629. The zero-order valence-corrected chi connectivity index (χ0v) is 20.2.